The van der Waals surface area contributed by atoms with Gasteiger partial charge in [-0.15, -0.1) is 0 Å². The van der Waals surface area contributed by atoms with Crippen LogP contribution < -0.4 is 5.32 Å². The molecule has 26 heavy (non-hydrogen) atoms. The molecule has 0 spiro atoms. The summed E-state index contributed by atoms with van der Waals surface area (Å²) >= 11 is 0. The number of ketones is 1. The molecule has 128 valence electrons. The van der Waals surface area contributed by atoms with Crippen molar-refractivity contribution in [2.24, 2.45) is 5.92 Å². The molecule has 0 aromatic heterocycles. The van der Waals surface area contributed by atoms with E-state index in [4.69, 9.17) is 0 Å². The van der Waals surface area contributed by atoms with Gasteiger partial charge in [0.05, 0.1) is 6.04 Å². The van der Waals surface area contributed by atoms with Gasteiger partial charge >= 0.3 is 0 Å². The molecule has 1 aliphatic carbocycles. The van der Waals surface area contributed by atoms with Crippen LogP contribution in [0.1, 0.15) is 46.8 Å². The Balaban J connectivity index is 1.65. The lowest BCUT2D eigenvalue weighted by Gasteiger charge is -2.38. The predicted molar refractivity (Wildman–Crippen MR) is 107 cm³/mol. The van der Waals surface area contributed by atoms with Crippen molar-refractivity contribution in [3.05, 3.63) is 89.5 Å². The first-order valence-corrected chi connectivity index (χ1v) is 9.28. The number of carbonyl (C=O) groups is 1. The van der Waals surface area contributed by atoms with Crippen LogP contribution in [0, 0.1) is 5.92 Å². The molecule has 1 aliphatic heterocycles. The van der Waals surface area contributed by atoms with Crippen molar-refractivity contribution in [2.75, 3.05) is 5.32 Å². The highest BCUT2D eigenvalue weighted by Crippen LogP contribution is 2.50. The zero-order chi connectivity index (χ0) is 17.7. The molecule has 5 rings (SSSR count). The number of benzene rings is 3. The van der Waals surface area contributed by atoms with Gasteiger partial charge in [0.25, 0.3) is 0 Å². The molecule has 0 amide bonds. The zero-order valence-electron chi connectivity index (χ0n) is 14.8. The fourth-order valence-corrected chi connectivity index (χ4v) is 4.64. The quantitative estimate of drug-likeness (QED) is 0.467. The second-order valence-corrected chi connectivity index (χ2v) is 7.40. The molecular formula is C24H21NO. The van der Waals surface area contributed by atoms with Crippen LogP contribution in [0.4, 0.5) is 5.69 Å². The molecule has 3 atom stereocenters. The molecule has 3 aromatic rings. The second-order valence-electron chi connectivity index (χ2n) is 7.40. The lowest BCUT2D eigenvalue weighted by Crippen LogP contribution is -2.29. The van der Waals surface area contributed by atoms with Crippen LogP contribution in [0.15, 0.2) is 72.8 Å². The van der Waals surface area contributed by atoms with Crippen molar-refractivity contribution in [1.82, 2.24) is 0 Å². The van der Waals surface area contributed by atoms with Crippen molar-refractivity contribution in [2.45, 2.75) is 25.3 Å². The third-order valence-corrected chi connectivity index (χ3v) is 5.93. The molecular weight excluding hydrogens is 318 g/mol. The minimum Gasteiger partial charge on any atom is -0.378 e. The van der Waals surface area contributed by atoms with E-state index in [1.807, 2.05) is 6.07 Å². The van der Waals surface area contributed by atoms with Gasteiger partial charge in [-0.25, -0.2) is 0 Å². The van der Waals surface area contributed by atoms with Crippen LogP contribution in [0.25, 0.3) is 10.8 Å². The van der Waals surface area contributed by atoms with Crippen LogP contribution in [-0.4, -0.2) is 5.78 Å². The smallest absolute Gasteiger partial charge is 0.159 e. The van der Waals surface area contributed by atoms with Gasteiger partial charge in [0.15, 0.2) is 5.78 Å². The predicted octanol–water partition coefficient (Wildman–Crippen LogP) is 5.87. The highest BCUT2D eigenvalue weighted by molar-refractivity contribution is 5.95. The summed E-state index contributed by atoms with van der Waals surface area (Å²) in [6, 6.07) is 21.6. The summed E-state index contributed by atoms with van der Waals surface area (Å²) in [5.41, 5.74) is 4.57. The van der Waals surface area contributed by atoms with E-state index in [0.717, 1.165) is 17.7 Å². The van der Waals surface area contributed by atoms with Crippen molar-refractivity contribution >= 4 is 22.2 Å². The van der Waals surface area contributed by atoms with E-state index in [0.29, 0.717) is 11.8 Å². The summed E-state index contributed by atoms with van der Waals surface area (Å²) in [6.45, 7) is 1.64. The highest BCUT2D eigenvalue weighted by Gasteiger charge is 2.38. The largest absolute Gasteiger partial charge is 0.378 e. The molecule has 2 nitrogen and oxygen atoms in total. The average Bonchev–Trinajstić information content (AvgIpc) is 3.16. The van der Waals surface area contributed by atoms with Crippen LogP contribution in [0.5, 0.6) is 0 Å². The maximum absolute atomic E-state index is 11.8. The lowest BCUT2D eigenvalue weighted by atomic mass is 9.75. The number of hydrogen-bond acceptors (Lipinski definition) is 2. The minimum atomic E-state index is 0.127. The maximum atomic E-state index is 11.8. The molecule has 3 aromatic carbocycles. The molecule has 2 aliphatic rings. The molecule has 0 saturated heterocycles. The minimum absolute atomic E-state index is 0.127. The Kier molecular flexibility index (Phi) is 3.46. The number of rotatable bonds is 2. The third kappa shape index (κ3) is 2.29. The van der Waals surface area contributed by atoms with Gasteiger partial charge in [-0.2, -0.15) is 0 Å². The van der Waals surface area contributed by atoms with E-state index in [-0.39, 0.29) is 11.8 Å². The topological polar surface area (TPSA) is 29.1 Å². The number of Topliss-reactive ketones (excluding diaryl/α,β-unsaturated/α-hetero) is 1. The molecule has 0 saturated carbocycles. The number of allylic oxidation sites excluding steroid dienone is 2. The molecule has 2 heteroatoms. The normalized spacial score (nSPS) is 23.3. The van der Waals surface area contributed by atoms with E-state index in [2.05, 4.69) is 72.1 Å². The van der Waals surface area contributed by atoms with Gasteiger partial charge in [-0.05, 0) is 59.4 Å². The molecule has 1 heterocycles. The Morgan fingerprint density at radius 1 is 1.00 bits per heavy atom. The van der Waals surface area contributed by atoms with Crippen molar-refractivity contribution in [1.29, 1.82) is 0 Å². The average molecular weight is 339 g/mol. The summed E-state index contributed by atoms with van der Waals surface area (Å²) in [6.07, 6.45) is 5.69. The molecule has 0 bridgehead atoms. The van der Waals surface area contributed by atoms with E-state index >= 15 is 0 Å². The number of hydrogen-bond donors (Lipinski definition) is 1. The standard InChI is InChI=1S/C24H21NO/c1-15(26)17-12-13-23-22(14-17)19-9-5-11-21(19)24(25-23)20-10-4-7-16-6-2-3-8-18(16)20/h2-10,12-14,19,21,24-25H,11H2,1H3/t19-,21-,24+/m0/s1. The van der Waals surface area contributed by atoms with Gasteiger partial charge in [-0.1, -0.05) is 54.6 Å². The lowest BCUT2D eigenvalue weighted by molar-refractivity contribution is 0.101. The van der Waals surface area contributed by atoms with Crippen LogP contribution in [0.2, 0.25) is 0 Å². The first kappa shape index (κ1) is 15.4. The number of carbonyl (C=O) groups excluding carboxylic acids is 1. The van der Waals surface area contributed by atoms with Crippen molar-refractivity contribution < 1.29 is 4.79 Å². The van der Waals surface area contributed by atoms with Gasteiger partial charge in [0.2, 0.25) is 0 Å². The fraction of sp³-hybridized carbons (Fsp3) is 0.208. The Labute approximate surface area is 153 Å². The zero-order valence-corrected chi connectivity index (χ0v) is 14.8. The summed E-state index contributed by atoms with van der Waals surface area (Å²) in [7, 11) is 0. The maximum Gasteiger partial charge on any atom is 0.159 e. The van der Waals surface area contributed by atoms with E-state index in [1.54, 1.807) is 6.92 Å². The monoisotopic (exact) mass is 339 g/mol. The van der Waals surface area contributed by atoms with E-state index in [9.17, 15) is 4.79 Å². The third-order valence-electron chi connectivity index (χ3n) is 5.93. The van der Waals surface area contributed by atoms with E-state index in [1.165, 1.54) is 21.9 Å². The van der Waals surface area contributed by atoms with Crippen LogP contribution in [-0.2, 0) is 0 Å². The van der Waals surface area contributed by atoms with Crippen LogP contribution >= 0.6 is 0 Å². The molecule has 0 fully saturated rings. The Bertz CT molecular complexity index is 1040. The van der Waals surface area contributed by atoms with Gasteiger partial charge < -0.3 is 5.32 Å². The Morgan fingerprint density at radius 3 is 2.73 bits per heavy atom. The first-order valence-electron chi connectivity index (χ1n) is 9.28. The summed E-state index contributed by atoms with van der Waals surface area (Å²) in [5, 5.41) is 6.40. The SMILES string of the molecule is CC(=O)c1ccc2c(c1)[C@H]1C=CC[C@@H]1[C@@H](c1cccc3ccccc13)N2. The fourth-order valence-electron chi connectivity index (χ4n) is 4.64. The van der Waals surface area contributed by atoms with Crippen molar-refractivity contribution in [3.8, 4) is 0 Å². The van der Waals surface area contributed by atoms with Gasteiger partial charge in [0, 0.05) is 17.2 Å². The molecule has 0 unspecified atom stereocenters. The Morgan fingerprint density at radius 2 is 1.85 bits per heavy atom. The Hall–Kier alpha value is -2.87. The van der Waals surface area contributed by atoms with Crippen molar-refractivity contribution in [3.63, 3.8) is 0 Å². The van der Waals surface area contributed by atoms with Gasteiger partial charge in [-0.3, -0.25) is 4.79 Å². The number of fused-ring (bicyclic) bond motifs is 4. The van der Waals surface area contributed by atoms with E-state index < -0.39 is 0 Å². The van der Waals surface area contributed by atoms with Gasteiger partial charge in [0.1, 0.15) is 0 Å². The second kappa shape index (κ2) is 5.84. The first-order chi connectivity index (χ1) is 12.7. The number of anilines is 1. The highest BCUT2D eigenvalue weighted by atomic mass is 16.1. The number of nitrogens with one attached hydrogen (secondary N) is 1. The molecule has 0 radical (unpaired) electrons. The summed E-state index contributed by atoms with van der Waals surface area (Å²) in [5.74, 6) is 0.979. The van der Waals surface area contributed by atoms with Crippen LogP contribution in [0.3, 0.4) is 0 Å². The molecule has 1 N–H and O–H groups in total. The summed E-state index contributed by atoms with van der Waals surface area (Å²) in [4.78, 5) is 11.8. The summed E-state index contributed by atoms with van der Waals surface area (Å²) < 4.78 is 0.